The maximum Gasteiger partial charge on any atom is 0.253 e. The third-order valence-corrected chi connectivity index (χ3v) is 19.3. The summed E-state index contributed by atoms with van der Waals surface area (Å²) in [5.74, 6) is 1.32. The van der Waals surface area contributed by atoms with Gasteiger partial charge in [0.1, 0.15) is 33.8 Å². The number of rotatable bonds is 5. The lowest BCUT2D eigenvalue weighted by Gasteiger charge is -2.27. The molecule has 6 nitrogen and oxygen atoms in total. The fourth-order valence-corrected chi connectivity index (χ4v) is 14.3. The van der Waals surface area contributed by atoms with Crippen LogP contribution in [-0.2, 0) is 43.3 Å². The molecule has 0 aliphatic carbocycles. The van der Waals surface area contributed by atoms with E-state index in [0.29, 0.717) is 11.5 Å². The van der Waals surface area contributed by atoms with E-state index >= 15 is 0 Å². The summed E-state index contributed by atoms with van der Waals surface area (Å²) in [4.78, 5) is 0. The summed E-state index contributed by atoms with van der Waals surface area (Å²) >= 11 is 0. The van der Waals surface area contributed by atoms with Crippen molar-refractivity contribution < 1.29 is 26.3 Å². The lowest BCUT2D eigenvalue weighted by molar-refractivity contribution is 0.410. The number of aryl methyl sites for hydroxylation is 2. The van der Waals surface area contributed by atoms with Crippen molar-refractivity contribution in [3.05, 3.63) is 128 Å². The van der Waals surface area contributed by atoms with E-state index in [1.54, 1.807) is 14.2 Å². The summed E-state index contributed by atoms with van der Waals surface area (Å²) in [5, 5.41) is 5.97. The Kier molecular flexibility index (Phi) is 15.4. The second-order valence-corrected chi connectivity index (χ2v) is 33.8. The molecule has 6 aromatic carbocycles. The highest BCUT2D eigenvalue weighted by Gasteiger charge is 2.35. The molecule has 0 aliphatic rings. The number of ether oxygens (including phenoxy) is 2. The molecule has 0 bridgehead atoms. The number of fused-ring (bicyclic) bond motifs is 6. The molecule has 8 aromatic rings. The average molecular weight is 1120 g/mol. The van der Waals surface area contributed by atoms with Crippen molar-refractivity contribution in [3.63, 3.8) is 0 Å². The molecule has 0 saturated heterocycles. The van der Waals surface area contributed by atoms with Crippen LogP contribution in [-0.4, -0.2) is 14.2 Å². The van der Waals surface area contributed by atoms with Crippen LogP contribution in [0.25, 0.3) is 65.6 Å². The second-order valence-electron chi connectivity index (χ2n) is 31.1. The average Bonchev–Trinajstić information content (AvgIpc) is 3.74. The van der Waals surface area contributed by atoms with E-state index in [0.717, 1.165) is 99.0 Å². The molecule has 0 N–H and O–H groups in total. The van der Waals surface area contributed by atoms with E-state index in [-0.39, 0.29) is 43.3 Å². The second kappa shape index (κ2) is 20.3. The van der Waals surface area contributed by atoms with E-state index in [1.165, 1.54) is 22.3 Å². The normalized spacial score (nSPS) is 13.5. The monoisotopic (exact) mass is 1120 g/mol. The molecular weight excluding hydrogens is 1020 g/mol. The molecule has 0 unspecified atom stereocenters. The fourth-order valence-electron chi connectivity index (χ4n) is 10.9. The molecule has 2 heterocycles. The molecule has 430 valence electrons. The van der Waals surface area contributed by atoms with Gasteiger partial charge >= 0.3 is 0 Å². The lowest BCUT2D eigenvalue weighted by atomic mass is 9.77. The molecule has 8 heteroatoms. The third-order valence-electron chi connectivity index (χ3n) is 16.1. The van der Waals surface area contributed by atoms with Crippen LogP contribution < -0.4 is 9.47 Å². The zero-order chi connectivity index (χ0) is 59.7. The van der Waals surface area contributed by atoms with Crippen molar-refractivity contribution in [1.29, 1.82) is 0 Å². The molecule has 0 fully saturated rings. The Hall–Kier alpha value is -5.28. The van der Waals surface area contributed by atoms with Crippen LogP contribution in [0.2, 0.25) is 0 Å². The highest BCUT2D eigenvalue weighted by atomic mass is 31.1. The van der Waals surface area contributed by atoms with Crippen molar-refractivity contribution >= 4 is 59.9 Å². The molecule has 0 saturated carbocycles. The van der Waals surface area contributed by atoms with Gasteiger partial charge in [0.25, 0.3) is 16.0 Å². The van der Waals surface area contributed by atoms with Gasteiger partial charge < -0.3 is 26.3 Å². The Labute approximate surface area is 482 Å². The first-order valence-electron chi connectivity index (χ1n) is 28.9. The van der Waals surface area contributed by atoms with Gasteiger partial charge in [0.05, 0.1) is 24.8 Å². The van der Waals surface area contributed by atoms with E-state index in [9.17, 15) is 0 Å². The molecule has 0 spiro atoms. The maximum atomic E-state index is 7.86. The van der Waals surface area contributed by atoms with Crippen LogP contribution in [0.15, 0.2) is 89.6 Å². The molecule has 2 aromatic heterocycles. The van der Waals surface area contributed by atoms with Crippen LogP contribution in [0.4, 0.5) is 0 Å². The molecule has 0 radical (unpaired) electrons. The third kappa shape index (κ3) is 11.5. The van der Waals surface area contributed by atoms with Gasteiger partial charge in [0.2, 0.25) is 0 Å². The van der Waals surface area contributed by atoms with Gasteiger partial charge in [0.15, 0.2) is 0 Å². The zero-order valence-corrected chi connectivity index (χ0v) is 56.1. The molecule has 8 rings (SSSR count). The van der Waals surface area contributed by atoms with Crippen LogP contribution in [0.1, 0.15) is 222 Å². The summed E-state index contributed by atoms with van der Waals surface area (Å²) in [5.41, 5.74) is 14.7. The Morgan fingerprint density at radius 1 is 0.300 bits per heavy atom. The van der Waals surface area contributed by atoms with Gasteiger partial charge in [-0.3, -0.25) is 0 Å². The van der Waals surface area contributed by atoms with E-state index < -0.39 is 16.0 Å². The van der Waals surface area contributed by atoms with E-state index in [4.69, 9.17) is 26.3 Å². The minimum absolute atomic E-state index is 0.147. The SMILES string of the molecule is COc1ccc(C)c(-p2oc3c(C(C)(C)C)cc(C(C)(C)C)cc3c3cc(C(C)(C)C)cc(C(C)(C)C)c3o2)c1-c1c(OC)ccc(C)c1-p1oc2c(C(C)(C)C)cc(C(C)(C)C)cc2c2cc(C(C)(C)C)cc(C(C)(C)C)c2o1. The summed E-state index contributed by atoms with van der Waals surface area (Å²) in [7, 11) is -0.457. The van der Waals surface area contributed by atoms with Gasteiger partial charge in [-0.1, -0.05) is 203 Å². The number of hydrogen-bond acceptors (Lipinski definition) is 6. The molecule has 80 heavy (non-hydrogen) atoms. The van der Waals surface area contributed by atoms with Gasteiger partial charge in [-0.25, -0.2) is 0 Å². The standard InChI is InChI=1S/C72H96O6P2/c1-41-29-31-55(73-27)57(63(41)79-75-59-47(33-43(65(3,4)5)37-51(59)69(15,16)17)48-34-44(66(6,7)8)38-52(60(48)76-79)70(18,19)20)58-56(74-28)32-30-42(2)64(58)80-77-61-49(35-45(67(9,10)11)39-53(61)71(21,22)23)50-36-46(68(12,13)14)40-54(62(50)78-80)72(24,25)26/h29-40H,1-28H3. The summed E-state index contributed by atoms with van der Waals surface area (Å²) in [6, 6.07) is 27.4. The summed E-state index contributed by atoms with van der Waals surface area (Å²) in [6.07, 6.45) is 0. The Morgan fingerprint density at radius 2 is 0.512 bits per heavy atom. The van der Waals surface area contributed by atoms with Crippen molar-refractivity contribution in [3.8, 4) is 33.2 Å². The fraction of sp³-hybridized carbons (Fsp3) is 0.500. The zero-order valence-electron chi connectivity index (χ0n) is 54.3. The Balaban J connectivity index is 1.69. The topological polar surface area (TPSA) is 71.0 Å². The minimum atomic E-state index is -1.98. The predicted molar refractivity (Wildman–Crippen MR) is 346 cm³/mol. The minimum Gasteiger partial charge on any atom is -0.496 e. The van der Waals surface area contributed by atoms with Crippen molar-refractivity contribution in [2.24, 2.45) is 0 Å². The highest BCUT2D eigenvalue weighted by molar-refractivity contribution is 7.47. The highest BCUT2D eigenvalue weighted by Crippen LogP contribution is 2.61. The Morgan fingerprint density at radius 3 is 0.688 bits per heavy atom. The van der Waals surface area contributed by atoms with Crippen LogP contribution in [0.3, 0.4) is 0 Å². The summed E-state index contributed by atoms with van der Waals surface area (Å²) in [6.45, 7) is 59.5. The maximum absolute atomic E-state index is 7.86. The van der Waals surface area contributed by atoms with Crippen molar-refractivity contribution in [2.75, 3.05) is 14.2 Å². The first-order valence-corrected chi connectivity index (χ1v) is 31.3. The van der Waals surface area contributed by atoms with Crippen molar-refractivity contribution in [1.82, 2.24) is 0 Å². The smallest absolute Gasteiger partial charge is 0.253 e. The van der Waals surface area contributed by atoms with Gasteiger partial charge in [-0.05, 0) is 127 Å². The largest absolute Gasteiger partial charge is 0.496 e. The first-order chi connectivity index (χ1) is 36.5. The van der Waals surface area contributed by atoms with Crippen molar-refractivity contribution in [2.45, 2.75) is 223 Å². The molecular formula is C72H96O6P2. The Bertz CT molecular complexity index is 3380. The number of hydrogen-bond donors (Lipinski definition) is 0. The van der Waals surface area contributed by atoms with Crippen LogP contribution in [0.5, 0.6) is 11.5 Å². The van der Waals surface area contributed by atoms with Gasteiger partial charge in [-0.2, -0.15) is 0 Å². The van der Waals surface area contributed by atoms with Gasteiger partial charge in [-0.15, -0.1) is 0 Å². The molecule has 0 amide bonds. The molecule has 0 atom stereocenters. The van der Waals surface area contributed by atoms with Gasteiger partial charge in [0, 0.05) is 54.9 Å². The van der Waals surface area contributed by atoms with Crippen LogP contribution in [0, 0.1) is 13.8 Å². The van der Waals surface area contributed by atoms with E-state index in [1.807, 2.05) is 0 Å². The predicted octanol–water partition coefficient (Wildman–Crippen LogP) is 23.6. The van der Waals surface area contributed by atoms with Crippen LogP contribution >= 0.6 is 16.0 Å². The van der Waals surface area contributed by atoms with E-state index in [2.05, 4.69) is 253 Å². The quantitative estimate of drug-likeness (QED) is 0.171. The molecule has 0 aliphatic heterocycles. The number of benzene rings is 6. The summed E-state index contributed by atoms with van der Waals surface area (Å²) < 4.78 is 44.7. The first kappa shape index (κ1) is 60.8. The lowest BCUT2D eigenvalue weighted by Crippen LogP contribution is -2.17. The number of methoxy groups -OCH3 is 2.